The lowest BCUT2D eigenvalue weighted by Crippen LogP contribution is -2.22. The topological polar surface area (TPSA) is 29.5 Å². The fourth-order valence-corrected chi connectivity index (χ4v) is 0.979. The third-order valence-corrected chi connectivity index (χ3v) is 1.95. The van der Waals surface area contributed by atoms with E-state index in [0.717, 1.165) is 17.2 Å². The first kappa shape index (κ1) is 12.3. The molecule has 5 heteroatoms. The summed E-state index contributed by atoms with van der Waals surface area (Å²) in [6.07, 6.45) is 2.58. The molecule has 0 unspecified atom stereocenters. The van der Waals surface area contributed by atoms with E-state index in [1.165, 1.54) is 32.4 Å². The summed E-state index contributed by atoms with van der Waals surface area (Å²) in [6, 6.07) is 3.38. The van der Waals surface area contributed by atoms with Crippen LogP contribution in [0.2, 0.25) is 0 Å². The van der Waals surface area contributed by atoms with Crippen LogP contribution in [0.3, 0.4) is 0 Å². The predicted molar refractivity (Wildman–Crippen MR) is 55.2 cm³/mol. The average Bonchev–Trinajstić information content (AvgIpc) is 2.29. The zero-order chi connectivity index (χ0) is 12.1. The van der Waals surface area contributed by atoms with Crippen LogP contribution in [0, 0.1) is 11.6 Å². The standard InChI is InChI=1S/C11H11F2NO2/c1-14(16-2)11(15)6-4-8-3-5-9(12)10(13)7-8/h3-7H,1-2H3/b6-4+. The van der Waals surface area contributed by atoms with E-state index in [4.69, 9.17) is 0 Å². The molecule has 16 heavy (non-hydrogen) atoms. The molecule has 0 atom stereocenters. The fraction of sp³-hybridized carbons (Fsp3) is 0.182. The van der Waals surface area contributed by atoms with Gasteiger partial charge in [-0.2, -0.15) is 0 Å². The van der Waals surface area contributed by atoms with Gasteiger partial charge in [-0.1, -0.05) is 6.07 Å². The van der Waals surface area contributed by atoms with Crippen LogP contribution in [0.1, 0.15) is 5.56 Å². The third kappa shape index (κ3) is 3.13. The molecule has 0 spiro atoms. The SMILES string of the molecule is CON(C)C(=O)/C=C/c1ccc(F)c(F)c1. The van der Waals surface area contributed by atoms with E-state index in [1.807, 2.05) is 0 Å². The lowest BCUT2D eigenvalue weighted by Gasteiger charge is -2.09. The minimum absolute atomic E-state index is 0.396. The largest absolute Gasteiger partial charge is 0.274 e. The minimum atomic E-state index is -0.949. The van der Waals surface area contributed by atoms with Crippen LogP contribution in [0.25, 0.3) is 6.08 Å². The molecular weight excluding hydrogens is 216 g/mol. The fourth-order valence-electron chi connectivity index (χ4n) is 0.979. The van der Waals surface area contributed by atoms with Gasteiger partial charge in [-0.25, -0.2) is 13.8 Å². The van der Waals surface area contributed by atoms with Crippen LogP contribution in [-0.2, 0) is 9.63 Å². The van der Waals surface area contributed by atoms with Crippen LogP contribution in [0.5, 0.6) is 0 Å². The Labute approximate surface area is 91.9 Å². The van der Waals surface area contributed by atoms with E-state index >= 15 is 0 Å². The Balaban J connectivity index is 2.77. The number of nitrogens with zero attached hydrogens (tertiary/aromatic N) is 1. The molecule has 0 heterocycles. The van der Waals surface area contributed by atoms with Crippen LogP contribution < -0.4 is 0 Å². The van der Waals surface area contributed by atoms with Gasteiger partial charge in [0.1, 0.15) is 0 Å². The summed E-state index contributed by atoms with van der Waals surface area (Å²) >= 11 is 0. The van der Waals surface area contributed by atoms with E-state index in [1.54, 1.807) is 0 Å². The number of carbonyl (C=O) groups is 1. The number of hydroxylamine groups is 2. The first-order valence-electron chi connectivity index (χ1n) is 4.49. The quantitative estimate of drug-likeness (QED) is 0.584. The molecule has 0 aliphatic rings. The highest BCUT2D eigenvalue weighted by atomic mass is 19.2. The first-order chi connectivity index (χ1) is 7.54. The second-order valence-corrected chi connectivity index (χ2v) is 3.03. The van der Waals surface area contributed by atoms with E-state index in [0.29, 0.717) is 5.56 Å². The van der Waals surface area contributed by atoms with Crippen LogP contribution in [0.15, 0.2) is 24.3 Å². The molecule has 0 fully saturated rings. The van der Waals surface area contributed by atoms with E-state index in [9.17, 15) is 13.6 Å². The summed E-state index contributed by atoms with van der Waals surface area (Å²) in [5, 5.41) is 1.01. The van der Waals surface area contributed by atoms with Gasteiger partial charge in [-0.3, -0.25) is 9.63 Å². The molecule has 0 saturated carbocycles. The molecule has 1 rings (SSSR count). The number of rotatable bonds is 3. The van der Waals surface area contributed by atoms with Gasteiger partial charge in [-0.05, 0) is 23.8 Å². The summed E-state index contributed by atoms with van der Waals surface area (Å²) in [7, 11) is 2.79. The maximum Gasteiger partial charge on any atom is 0.269 e. The number of hydrogen-bond acceptors (Lipinski definition) is 2. The lowest BCUT2D eigenvalue weighted by molar-refractivity contribution is -0.162. The molecule has 0 radical (unpaired) electrons. The molecule has 0 aliphatic carbocycles. The number of amides is 1. The van der Waals surface area contributed by atoms with E-state index in [-0.39, 0.29) is 0 Å². The molecule has 0 N–H and O–H groups in total. The van der Waals surface area contributed by atoms with E-state index < -0.39 is 17.5 Å². The molecule has 86 valence electrons. The summed E-state index contributed by atoms with van der Waals surface area (Å²) in [5.41, 5.74) is 0.400. The zero-order valence-electron chi connectivity index (χ0n) is 8.91. The number of benzene rings is 1. The number of carbonyl (C=O) groups excluding carboxylic acids is 1. The van der Waals surface area contributed by atoms with Crippen LogP contribution in [-0.4, -0.2) is 25.1 Å². The van der Waals surface area contributed by atoms with Gasteiger partial charge >= 0.3 is 0 Å². The first-order valence-corrected chi connectivity index (χ1v) is 4.49. The van der Waals surface area contributed by atoms with Crippen molar-refractivity contribution < 1.29 is 18.4 Å². The van der Waals surface area contributed by atoms with Crippen molar-refractivity contribution in [3.63, 3.8) is 0 Å². The van der Waals surface area contributed by atoms with Gasteiger partial charge in [0.25, 0.3) is 5.91 Å². The second kappa shape index (κ2) is 5.37. The maximum absolute atomic E-state index is 12.8. The van der Waals surface area contributed by atoms with Gasteiger partial charge in [0, 0.05) is 13.1 Å². The number of halogens is 2. The van der Waals surface area contributed by atoms with Crippen molar-refractivity contribution in [2.75, 3.05) is 14.2 Å². The third-order valence-electron chi connectivity index (χ3n) is 1.95. The van der Waals surface area contributed by atoms with Crippen molar-refractivity contribution in [1.82, 2.24) is 5.06 Å². The molecule has 3 nitrogen and oxygen atoms in total. The van der Waals surface area contributed by atoms with Gasteiger partial charge in [0.2, 0.25) is 0 Å². The highest BCUT2D eigenvalue weighted by molar-refractivity contribution is 5.90. The summed E-state index contributed by atoms with van der Waals surface area (Å²) < 4.78 is 25.4. The molecule has 0 saturated heterocycles. The Morgan fingerprint density at radius 3 is 2.62 bits per heavy atom. The summed E-state index contributed by atoms with van der Waals surface area (Å²) in [5.74, 6) is -2.26. The maximum atomic E-state index is 12.8. The van der Waals surface area contributed by atoms with Crippen molar-refractivity contribution >= 4 is 12.0 Å². The van der Waals surface area contributed by atoms with Gasteiger partial charge in [-0.15, -0.1) is 0 Å². The van der Waals surface area contributed by atoms with Crippen molar-refractivity contribution in [2.24, 2.45) is 0 Å². The normalized spacial score (nSPS) is 10.8. The highest BCUT2D eigenvalue weighted by Gasteiger charge is 2.03. The van der Waals surface area contributed by atoms with Crippen molar-refractivity contribution in [3.05, 3.63) is 41.5 Å². The molecule has 1 amide bonds. The van der Waals surface area contributed by atoms with E-state index in [2.05, 4.69) is 4.84 Å². The summed E-state index contributed by atoms with van der Waals surface area (Å²) in [6.45, 7) is 0. The smallest absolute Gasteiger partial charge is 0.269 e. The Morgan fingerprint density at radius 2 is 2.06 bits per heavy atom. The lowest BCUT2D eigenvalue weighted by atomic mass is 10.2. The monoisotopic (exact) mass is 227 g/mol. The van der Waals surface area contributed by atoms with Crippen LogP contribution >= 0.6 is 0 Å². The van der Waals surface area contributed by atoms with Crippen molar-refractivity contribution in [2.45, 2.75) is 0 Å². The molecular formula is C11H11F2NO2. The molecule has 1 aromatic rings. The molecule has 0 aliphatic heterocycles. The van der Waals surface area contributed by atoms with Crippen molar-refractivity contribution in [1.29, 1.82) is 0 Å². The number of hydrogen-bond donors (Lipinski definition) is 0. The Hall–Kier alpha value is -1.75. The van der Waals surface area contributed by atoms with Crippen molar-refractivity contribution in [3.8, 4) is 0 Å². The van der Waals surface area contributed by atoms with Gasteiger partial charge < -0.3 is 0 Å². The zero-order valence-corrected chi connectivity index (χ0v) is 8.91. The van der Waals surface area contributed by atoms with Crippen LogP contribution in [0.4, 0.5) is 8.78 Å². The Morgan fingerprint density at radius 1 is 1.38 bits per heavy atom. The van der Waals surface area contributed by atoms with Gasteiger partial charge in [0.15, 0.2) is 11.6 Å². The average molecular weight is 227 g/mol. The molecule has 0 aromatic heterocycles. The van der Waals surface area contributed by atoms with Gasteiger partial charge in [0.05, 0.1) is 7.11 Å². The highest BCUT2D eigenvalue weighted by Crippen LogP contribution is 2.10. The molecule has 0 bridgehead atoms. The Kier molecular flexibility index (Phi) is 4.13. The Bertz CT molecular complexity index is 418. The predicted octanol–water partition coefficient (Wildman–Crippen LogP) is 2.00. The number of likely N-dealkylation sites (N-methyl/N-ethyl adjacent to an activating group) is 1. The second-order valence-electron chi connectivity index (χ2n) is 3.03. The summed E-state index contributed by atoms with van der Waals surface area (Å²) in [4.78, 5) is 15.9. The molecule has 1 aromatic carbocycles. The minimum Gasteiger partial charge on any atom is -0.274 e.